The number of amides is 1. The van der Waals surface area contributed by atoms with Gasteiger partial charge in [-0.2, -0.15) is 11.3 Å². The number of halogens is 1. The quantitative estimate of drug-likeness (QED) is 0.626. The highest BCUT2D eigenvalue weighted by Gasteiger charge is 2.47. The van der Waals surface area contributed by atoms with Gasteiger partial charge in [-0.05, 0) is 70.8 Å². The van der Waals surface area contributed by atoms with E-state index < -0.39 is 0 Å². The molecule has 2 saturated heterocycles. The van der Waals surface area contributed by atoms with Crippen molar-refractivity contribution in [2.75, 3.05) is 19.6 Å². The SMILES string of the molecule is O=C(c1ccc(F)cc1)N1C[C@@H](c2ccsc2)[C@@H]2CN(Cc3ccncc3)CC[C@@H]21. The number of hydrogen-bond donors (Lipinski definition) is 0. The lowest BCUT2D eigenvalue weighted by atomic mass is 9.82. The third kappa shape index (κ3) is 3.77. The lowest BCUT2D eigenvalue weighted by molar-refractivity contribution is 0.0614. The van der Waals surface area contributed by atoms with E-state index in [1.54, 1.807) is 23.5 Å². The third-order valence-corrected chi connectivity index (χ3v) is 7.20. The van der Waals surface area contributed by atoms with E-state index in [-0.39, 0.29) is 17.8 Å². The Balaban J connectivity index is 1.39. The second kappa shape index (κ2) is 8.28. The number of fused-ring (bicyclic) bond motifs is 1. The zero-order valence-corrected chi connectivity index (χ0v) is 17.5. The minimum absolute atomic E-state index is 0.0188. The summed E-state index contributed by atoms with van der Waals surface area (Å²) in [6.45, 7) is 3.58. The molecule has 4 nitrogen and oxygen atoms in total. The molecule has 2 aromatic heterocycles. The molecule has 3 aromatic rings. The minimum atomic E-state index is -0.314. The van der Waals surface area contributed by atoms with Crippen LogP contribution >= 0.6 is 11.3 Å². The first-order valence-corrected chi connectivity index (χ1v) is 11.3. The van der Waals surface area contributed by atoms with Crippen LogP contribution in [0.2, 0.25) is 0 Å². The molecule has 1 amide bonds. The van der Waals surface area contributed by atoms with Crippen molar-refractivity contribution in [2.24, 2.45) is 5.92 Å². The maximum Gasteiger partial charge on any atom is 0.254 e. The Hall–Kier alpha value is -2.57. The van der Waals surface area contributed by atoms with Crippen molar-refractivity contribution in [3.05, 3.63) is 88.1 Å². The van der Waals surface area contributed by atoms with Gasteiger partial charge in [-0.25, -0.2) is 4.39 Å². The Bertz CT molecular complexity index is 993. The summed E-state index contributed by atoms with van der Waals surface area (Å²) in [5, 5.41) is 4.34. The highest BCUT2D eigenvalue weighted by atomic mass is 32.1. The molecule has 0 radical (unpaired) electrons. The van der Waals surface area contributed by atoms with E-state index in [0.29, 0.717) is 17.4 Å². The van der Waals surface area contributed by atoms with Crippen LogP contribution in [0.4, 0.5) is 4.39 Å². The van der Waals surface area contributed by atoms with Crippen molar-refractivity contribution in [3.8, 4) is 0 Å². The molecule has 5 rings (SSSR count). The van der Waals surface area contributed by atoms with E-state index in [1.807, 2.05) is 17.3 Å². The fraction of sp³-hybridized carbons (Fsp3) is 0.333. The number of hydrogen-bond acceptors (Lipinski definition) is 4. The summed E-state index contributed by atoms with van der Waals surface area (Å²) in [7, 11) is 0. The molecule has 3 atom stereocenters. The average molecular weight is 422 g/mol. The van der Waals surface area contributed by atoms with E-state index in [1.165, 1.54) is 23.3 Å². The number of nitrogens with zero attached hydrogens (tertiary/aromatic N) is 3. The Morgan fingerprint density at radius 1 is 1.10 bits per heavy atom. The molecule has 1 aromatic carbocycles. The van der Waals surface area contributed by atoms with Gasteiger partial charge in [-0.15, -0.1) is 0 Å². The molecular weight excluding hydrogens is 397 g/mol. The van der Waals surface area contributed by atoms with Crippen molar-refractivity contribution >= 4 is 17.2 Å². The van der Waals surface area contributed by atoms with Gasteiger partial charge in [0.25, 0.3) is 5.91 Å². The molecule has 154 valence electrons. The summed E-state index contributed by atoms with van der Waals surface area (Å²) in [6, 6.07) is 12.5. The summed E-state index contributed by atoms with van der Waals surface area (Å²) in [5.74, 6) is 0.446. The summed E-state index contributed by atoms with van der Waals surface area (Å²) in [6.07, 6.45) is 4.65. The number of likely N-dealkylation sites (tertiary alicyclic amines) is 2. The second-order valence-corrected chi connectivity index (χ2v) is 9.02. The Morgan fingerprint density at radius 2 is 1.90 bits per heavy atom. The zero-order valence-electron chi connectivity index (χ0n) is 16.7. The van der Waals surface area contributed by atoms with Crippen molar-refractivity contribution < 1.29 is 9.18 Å². The Labute approximate surface area is 180 Å². The van der Waals surface area contributed by atoms with Gasteiger partial charge in [0, 0.05) is 62.0 Å². The van der Waals surface area contributed by atoms with E-state index in [0.717, 1.165) is 32.6 Å². The lowest BCUT2D eigenvalue weighted by Gasteiger charge is -2.39. The first-order chi connectivity index (χ1) is 14.7. The Morgan fingerprint density at radius 3 is 2.63 bits per heavy atom. The number of piperidine rings is 1. The molecule has 0 saturated carbocycles. The Kier molecular flexibility index (Phi) is 5.35. The predicted octanol–water partition coefficient (Wildman–Crippen LogP) is 4.41. The maximum absolute atomic E-state index is 13.3. The van der Waals surface area contributed by atoms with E-state index >= 15 is 0 Å². The molecule has 0 bridgehead atoms. The van der Waals surface area contributed by atoms with Crippen LogP contribution in [0.1, 0.15) is 33.8 Å². The van der Waals surface area contributed by atoms with Crippen LogP contribution in [0.5, 0.6) is 0 Å². The molecular formula is C24H24FN3OS. The van der Waals surface area contributed by atoms with Gasteiger partial charge in [0.2, 0.25) is 0 Å². The topological polar surface area (TPSA) is 36.4 Å². The molecule has 2 fully saturated rings. The van der Waals surface area contributed by atoms with Crippen LogP contribution in [-0.2, 0) is 6.54 Å². The fourth-order valence-electron chi connectivity index (χ4n) is 5.03. The number of pyridine rings is 1. The largest absolute Gasteiger partial charge is 0.335 e. The van der Waals surface area contributed by atoms with Gasteiger partial charge in [0.05, 0.1) is 0 Å². The molecule has 4 heterocycles. The number of benzene rings is 1. The van der Waals surface area contributed by atoms with Crippen molar-refractivity contribution in [3.63, 3.8) is 0 Å². The van der Waals surface area contributed by atoms with Gasteiger partial charge < -0.3 is 4.90 Å². The van der Waals surface area contributed by atoms with Gasteiger partial charge >= 0.3 is 0 Å². The van der Waals surface area contributed by atoms with Crippen LogP contribution in [0.3, 0.4) is 0 Å². The molecule has 0 unspecified atom stereocenters. The summed E-state index contributed by atoms with van der Waals surface area (Å²) >= 11 is 1.71. The fourth-order valence-corrected chi connectivity index (χ4v) is 5.75. The number of carbonyl (C=O) groups is 1. The first-order valence-electron chi connectivity index (χ1n) is 10.4. The van der Waals surface area contributed by atoms with Gasteiger partial charge in [0.1, 0.15) is 5.82 Å². The molecule has 0 N–H and O–H groups in total. The van der Waals surface area contributed by atoms with Crippen LogP contribution < -0.4 is 0 Å². The van der Waals surface area contributed by atoms with E-state index in [4.69, 9.17) is 0 Å². The smallest absolute Gasteiger partial charge is 0.254 e. The number of thiophene rings is 1. The van der Waals surface area contributed by atoms with Crippen LogP contribution in [0.25, 0.3) is 0 Å². The summed E-state index contributed by atoms with van der Waals surface area (Å²) in [5.41, 5.74) is 3.17. The highest BCUT2D eigenvalue weighted by molar-refractivity contribution is 7.08. The molecule has 2 aliphatic heterocycles. The van der Waals surface area contributed by atoms with E-state index in [2.05, 4.69) is 38.8 Å². The third-order valence-electron chi connectivity index (χ3n) is 6.49. The van der Waals surface area contributed by atoms with E-state index in [9.17, 15) is 9.18 Å². The van der Waals surface area contributed by atoms with Crippen molar-refractivity contribution in [1.82, 2.24) is 14.8 Å². The first kappa shape index (κ1) is 19.4. The minimum Gasteiger partial charge on any atom is -0.335 e. The summed E-state index contributed by atoms with van der Waals surface area (Å²) in [4.78, 5) is 21.9. The monoisotopic (exact) mass is 421 g/mol. The summed E-state index contributed by atoms with van der Waals surface area (Å²) < 4.78 is 13.3. The standard InChI is InChI=1S/C24H24FN3OS/c25-20-3-1-18(2-4-20)24(29)28-15-21(19-8-12-30-16-19)22-14-27(11-7-23(22)28)13-17-5-9-26-10-6-17/h1-6,8-10,12,16,21-23H,7,11,13-15H2/t21-,22-,23-/m0/s1. The van der Waals surface area contributed by atoms with Gasteiger partial charge in [0.15, 0.2) is 0 Å². The van der Waals surface area contributed by atoms with Crippen LogP contribution in [0, 0.1) is 11.7 Å². The average Bonchev–Trinajstić information content (AvgIpc) is 3.42. The number of carbonyl (C=O) groups excluding carboxylic acids is 1. The van der Waals surface area contributed by atoms with Crippen LogP contribution in [-0.4, -0.2) is 46.4 Å². The second-order valence-electron chi connectivity index (χ2n) is 8.24. The normalized spacial score (nSPS) is 24.0. The van der Waals surface area contributed by atoms with Crippen molar-refractivity contribution in [1.29, 1.82) is 0 Å². The highest BCUT2D eigenvalue weighted by Crippen LogP contribution is 2.42. The lowest BCUT2D eigenvalue weighted by Crippen LogP contribution is -2.47. The molecule has 2 aliphatic rings. The van der Waals surface area contributed by atoms with Crippen molar-refractivity contribution in [2.45, 2.75) is 24.9 Å². The zero-order chi connectivity index (χ0) is 20.5. The van der Waals surface area contributed by atoms with Gasteiger partial charge in [-0.1, -0.05) is 0 Å². The maximum atomic E-state index is 13.3. The van der Waals surface area contributed by atoms with Crippen LogP contribution in [0.15, 0.2) is 65.6 Å². The number of aromatic nitrogens is 1. The number of rotatable bonds is 4. The predicted molar refractivity (Wildman–Crippen MR) is 116 cm³/mol. The van der Waals surface area contributed by atoms with Gasteiger partial charge in [-0.3, -0.25) is 14.7 Å². The molecule has 30 heavy (non-hydrogen) atoms. The molecule has 0 spiro atoms. The molecule has 6 heteroatoms. The molecule has 0 aliphatic carbocycles.